The minimum atomic E-state index is -6.09. The van der Waals surface area contributed by atoms with Crippen molar-refractivity contribution in [3.63, 3.8) is 0 Å². The first-order valence-corrected chi connectivity index (χ1v) is 25.3. The molecule has 0 aliphatic carbocycles. The molecule has 2 atom stereocenters. The number of benzene rings is 6. The maximum atomic E-state index is 10.7. The maximum Gasteiger partial charge on any atom is 0.485 e. The minimum absolute atomic E-state index is 0. The van der Waals surface area contributed by atoms with Gasteiger partial charge in [0.05, 0.1) is 5.69 Å². The van der Waals surface area contributed by atoms with Gasteiger partial charge in [0.2, 0.25) is 0 Å². The Morgan fingerprint density at radius 3 is 1.20 bits per heavy atom. The van der Waals surface area contributed by atoms with Crippen LogP contribution in [0.15, 0.2) is 225 Å². The summed E-state index contributed by atoms with van der Waals surface area (Å²) in [5.74, 6) is -3.32. The zero-order valence-corrected chi connectivity index (χ0v) is 50.1. The van der Waals surface area contributed by atoms with Crippen LogP contribution in [0.1, 0.15) is 80.8 Å². The van der Waals surface area contributed by atoms with E-state index in [-0.39, 0.29) is 51.3 Å². The molecule has 0 bridgehead atoms. The second-order valence-electron chi connectivity index (χ2n) is 16.2. The predicted octanol–water partition coefficient (Wildman–Crippen LogP) is 15.9. The monoisotopic (exact) mass is 1490 g/mol. The van der Waals surface area contributed by atoms with Crippen LogP contribution in [0.25, 0.3) is 67.3 Å². The molecule has 10 aromatic rings. The molecular formula is C67H65F3Ir2N4O5S-4. The van der Waals surface area contributed by atoms with Crippen LogP contribution in [-0.2, 0) is 50.3 Å². The molecule has 82 heavy (non-hydrogen) atoms. The number of alkyl halides is 3. The molecular weight excluding hydrogens is 1410 g/mol. The Morgan fingerprint density at radius 1 is 0.476 bits per heavy atom. The number of pyridine rings is 4. The Balaban J connectivity index is 0.000000416. The second kappa shape index (κ2) is 37.0. The van der Waals surface area contributed by atoms with Gasteiger partial charge in [0.15, 0.2) is 10.1 Å². The van der Waals surface area contributed by atoms with Crippen LogP contribution in [0.3, 0.4) is 0 Å². The van der Waals surface area contributed by atoms with Crippen molar-refractivity contribution in [2.75, 3.05) is 14.2 Å². The van der Waals surface area contributed by atoms with Crippen molar-refractivity contribution in [1.29, 1.82) is 0 Å². The quantitative estimate of drug-likeness (QED) is 0.0861. The first-order chi connectivity index (χ1) is 44.0. The predicted molar refractivity (Wildman–Crippen MR) is 316 cm³/mol. The summed E-state index contributed by atoms with van der Waals surface area (Å²) in [5.41, 5.74) is 6.16. The molecule has 2 unspecified atom stereocenters. The van der Waals surface area contributed by atoms with E-state index >= 15 is 0 Å². The van der Waals surface area contributed by atoms with Crippen LogP contribution >= 0.6 is 0 Å². The third-order valence-electron chi connectivity index (χ3n) is 10.6. The van der Waals surface area contributed by atoms with Crippen molar-refractivity contribution in [3.05, 3.63) is 265 Å². The van der Waals surface area contributed by atoms with Crippen LogP contribution in [0.5, 0.6) is 0 Å². The number of nitrogens with zero attached hydrogens (tertiary/aromatic N) is 4. The van der Waals surface area contributed by atoms with E-state index < -0.39 is 54.8 Å². The summed E-state index contributed by atoms with van der Waals surface area (Å²) in [6.45, 7) is -6.11. The summed E-state index contributed by atoms with van der Waals surface area (Å²) in [6, 6.07) is 70.3. The van der Waals surface area contributed by atoms with Gasteiger partial charge in [0, 0.05) is 104 Å². The molecule has 0 saturated heterocycles. The van der Waals surface area contributed by atoms with E-state index in [0.717, 1.165) is 81.5 Å². The number of aliphatic hydroxyl groups is 2. The molecule has 0 amide bonds. The van der Waals surface area contributed by atoms with Gasteiger partial charge in [-0.3, -0.25) is 4.98 Å². The number of aryl methyl sites for hydroxylation is 2. The van der Waals surface area contributed by atoms with Crippen LogP contribution < -0.4 is 0 Å². The molecule has 15 heteroatoms. The molecule has 2 radical (unpaired) electrons. The second-order valence-corrected chi connectivity index (χ2v) is 17.6. The average Bonchev–Trinajstić information content (AvgIpc) is 0.794. The molecule has 0 aliphatic heterocycles. The topological polar surface area (TPSA) is 149 Å². The Kier molecular flexibility index (Phi) is 22.8. The number of rotatable bonds is 8. The first kappa shape index (κ1) is 50.6. The van der Waals surface area contributed by atoms with Gasteiger partial charge in [-0.2, -0.15) is 13.2 Å². The summed E-state index contributed by atoms with van der Waals surface area (Å²) in [6.07, 6.45) is 6.25. The third-order valence-corrected chi connectivity index (χ3v) is 11.2. The van der Waals surface area contributed by atoms with Gasteiger partial charge in [-0.05, 0) is 105 Å². The van der Waals surface area contributed by atoms with Gasteiger partial charge in [0.1, 0.15) is 0 Å². The molecule has 10 rings (SSSR count). The smallest absolute Gasteiger partial charge is 0.485 e. The third kappa shape index (κ3) is 23.7. The fourth-order valence-corrected chi connectivity index (χ4v) is 6.76. The summed E-state index contributed by atoms with van der Waals surface area (Å²) in [4.78, 5) is 17.1. The molecule has 432 valence electrons. The van der Waals surface area contributed by atoms with Gasteiger partial charge in [0.25, 0.3) is 0 Å². The zero-order chi connectivity index (χ0) is 70.4. The van der Waals surface area contributed by atoms with Crippen LogP contribution in [0.2, 0.25) is 0 Å². The molecule has 4 aromatic heterocycles. The molecule has 6 aromatic carbocycles. The van der Waals surface area contributed by atoms with Crippen LogP contribution in [0.4, 0.5) is 13.2 Å². The zero-order valence-electron chi connectivity index (χ0n) is 58.5. The molecule has 0 fully saturated rings. The number of hydrogen-bond donors (Lipinski definition) is 2. The SMILES string of the molecule is CO.CO.O=S(=O)([O-])C(F)(F)F.[2H]C([2H])([2H])C([2H])(C)c1cccc(-c2ccnc(-c3[c-]cccc3)c2)c1.[2H]C([2H])([2H])C([2H])(C)c1cccc(-c2ccnc(-c3ccccc3)c2)c1.[2H]C([2H])([2H])c1ccc(-c2[c-]cccc2)nc1.[2H]C([2H])([2H])c1ccc(-c2[c-]cccc2)nc1.[Ir].[Ir]. The molecule has 0 aliphatic rings. The summed E-state index contributed by atoms with van der Waals surface area (Å²) < 4.78 is 165. The Bertz CT molecular complexity index is 3800. The Morgan fingerprint density at radius 2 is 0.841 bits per heavy atom. The van der Waals surface area contributed by atoms with Gasteiger partial charge in [-0.15, -0.1) is 108 Å². The molecule has 9 nitrogen and oxygen atoms in total. The molecule has 0 spiro atoms. The Labute approximate surface area is 528 Å². The number of aliphatic hydroxyl groups excluding tert-OH is 2. The van der Waals surface area contributed by atoms with Crippen LogP contribution in [0, 0.1) is 31.9 Å². The van der Waals surface area contributed by atoms with Gasteiger partial charge in [-0.1, -0.05) is 137 Å². The summed E-state index contributed by atoms with van der Waals surface area (Å²) >= 11 is 0. The molecule has 0 saturated carbocycles. The summed E-state index contributed by atoms with van der Waals surface area (Å²) in [7, 11) is -4.09. The fraction of sp³-hybridized carbons (Fsp3) is 0.164. The fourth-order valence-electron chi connectivity index (χ4n) is 6.76. The molecule has 2 N–H and O–H groups in total. The number of aromatic nitrogens is 4. The van der Waals surface area contributed by atoms with E-state index in [2.05, 4.69) is 38.1 Å². The van der Waals surface area contributed by atoms with E-state index in [4.69, 9.17) is 42.4 Å². The van der Waals surface area contributed by atoms with Crippen LogP contribution in [-0.4, -0.2) is 62.8 Å². The first-order valence-electron chi connectivity index (χ1n) is 30.9. The van der Waals surface area contributed by atoms with Crippen molar-refractivity contribution in [2.45, 2.75) is 58.6 Å². The molecule has 4 heterocycles. The van der Waals surface area contributed by atoms with Gasteiger partial charge in [-0.25, -0.2) is 8.42 Å². The van der Waals surface area contributed by atoms with E-state index in [1.807, 2.05) is 127 Å². The van der Waals surface area contributed by atoms with Gasteiger partial charge < -0.3 is 29.7 Å². The van der Waals surface area contributed by atoms with E-state index in [1.165, 1.54) is 26.2 Å². The van der Waals surface area contributed by atoms with Crippen molar-refractivity contribution >= 4 is 10.1 Å². The number of hydrogen-bond acceptors (Lipinski definition) is 9. The van der Waals surface area contributed by atoms with Crippen molar-refractivity contribution in [3.8, 4) is 67.3 Å². The van der Waals surface area contributed by atoms with E-state index in [9.17, 15) is 13.2 Å². The van der Waals surface area contributed by atoms with Crippen molar-refractivity contribution < 1.29 is 95.8 Å². The maximum absolute atomic E-state index is 10.7. The van der Waals surface area contributed by atoms with Crippen molar-refractivity contribution in [2.24, 2.45) is 0 Å². The largest absolute Gasteiger partial charge is 0.741 e. The van der Waals surface area contributed by atoms with Crippen molar-refractivity contribution in [1.82, 2.24) is 19.9 Å². The summed E-state index contributed by atoms with van der Waals surface area (Å²) in [5, 5.41) is 14.0. The minimum Gasteiger partial charge on any atom is -0.741 e. The normalized spacial score (nSPS) is 14.8. The van der Waals surface area contributed by atoms with E-state index in [1.54, 1.807) is 85.2 Å². The number of halogens is 3. The Hall–Kier alpha value is -7.16. The average molecular weight is 1490 g/mol. The standard InChI is InChI=1S/C20H19N.C20H18N.2C12H10N.CHF3O3S.2CH4O.2Ir/c2*1-15(2)17-9-6-10-18(13-17)19-11-12-21-20(14-19)16-7-4-3-5-8-16;2*1-10-7-8-12(13-9-10)11-5-3-2-4-6-11;2-1(3,4)8(5,6)7;2*1-2;;/h3-15H,1-2H3;3-7,9-15H,1-2H3;2*2-5,7-9H,1H3;(H,5,6,7);2*2H,1H3;;/q;3*-1;;;;;/p-1/i2*1D3,15D;2*1D3;;;;;. The van der Waals surface area contributed by atoms with E-state index in [0.29, 0.717) is 11.1 Å². The van der Waals surface area contributed by atoms with Gasteiger partial charge >= 0.3 is 5.51 Å².